The number of carboxylic acids is 1. The second-order valence-electron chi connectivity index (χ2n) is 4.34. The summed E-state index contributed by atoms with van der Waals surface area (Å²) in [6.45, 7) is 7.69. The molecule has 4 atom stereocenters. The largest absolute Gasteiger partial charge is 0.481 e. The summed E-state index contributed by atoms with van der Waals surface area (Å²) in [5.41, 5.74) is 0. The van der Waals surface area contributed by atoms with Gasteiger partial charge in [0.25, 0.3) is 0 Å². The third-order valence-electron chi connectivity index (χ3n) is 2.96. The molecule has 84 valence electrons. The first-order chi connectivity index (χ1) is 6.40. The van der Waals surface area contributed by atoms with Gasteiger partial charge in [0, 0.05) is 0 Å². The lowest BCUT2D eigenvalue weighted by Gasteiger charge is -2.24. The van der Waals surface area contributed by atoms with Gasteiger partial charge in [0.1, 0.15) is 0 Å². The molecule has 0 radical (unpaired) electrons. The van der Waals surface area contributed by atoms with Crippen molar-refractivity contribution < 1.29 is 15.0 Å². The van der Waals surface area contributed by atoms with E-state index in [2.05, 4.69) is 13.8 Å². The van der Waals surface area contributed by atoms with Gasteiger partial charge < -0.3 is 10.2 Å². The van der Waals surface area contributed by atoms with Crippen LogP contribution >= 0.6 is 0 Å². The lowest BCUT2D eigenvalue weighted by molar-refractivity contribution is -0.146. The number of hydrogen-bond acceptors (Lipinski definition) is 2. The molecule has 2 N–H and O–H groups in total. The lowest BCUT2D eigenvalue weighted by atomic mass is 9.86. The minimum Gasteiger partial charge on any atom is -0.481 e. The molecule has 14 heavy (non-hydrogen) atoms. The summed E-state index contributed by atoms with van der Waals surface area (Å²) < 4.78 is 0. The molecule has 3 nitrogen and oxygen atoms in total. The van der Waals surface area contributed by atoms with Crippen molar-refractivity contribution in [3.63, 3.8) is 0 Å². The zero-order valence-electron chi connectivity index (χ0n) is 9.53. The number of carboxylic acid groups (broad SMARTS) is 1. The Morgan fingerprint density at radius 3 is 2.14 bits per heavy atom. The van der Waals surface area contributed by atoms with Crippen LogP contribution in [0.25, 0.3) is 0 Å². The van der Waals surface area contributed by atoms with E-state index < -0.39 is 18.0 Å². The molecule has 0 fully saturated rings. The van der Waals surface area contributed by atoms with E-state index in [0.717, 1.165) is 12.8 Å². The zero-order valence-corrected chi connectivity index (χ0v) is 9.53. The Kier molecular flexibility index (Phi) is 5.77. The van der Waals surface area contributed by atoms with E-state index in [4.69, 9.17) is 5.11 Å². The Morgan fingerprint density at radius 2 is 1.79 bits per heavy atom. The Balaban J connectivity index is 4.10. The first-order valence-electron chi connectivity index (χ1n) is 5.31. The molecule has 0 aromatic rings. The monoisotopic (exact) mass is 202 g/mol. The third-order valence-corrected chi connectivity index (χ3v) is 2.96. The minimum atomic E-state index is -0.923. The van der Waals surface area contributed by atoms with Crippen molar-refractivity contribution in [1.82, 2.24) is 0 Å². The van der Waals surface area contributed by atoms with E-state index in [1.807, 2.05) is 6.92 Å². The van der Waals surface area contributed by atoms with Crippen LogP contribution in [0, 0.1) is 17.8 Å². The maximum absolute atomic E-state index is 10.6. The highest BCUT2D eigenvalue weighted by Gasteiger charge is 2.26. The second-order valence-corrected chi connectivity index (χ2v) is 4.34. The summed E-state index contributed by atoms with van der Waals surface area (Å²) >= 11 is 0. The first kappa shape index (κ1) is 13.4. The molecule has 3 heteroatoms. The molecule has 0 spiro atoms. The van der Waals surface area contributed by atoms with Gasteiger partial charge in [-0.25, -0.2) is 0 Å². The van der Waals surface area contributed by atoms with Crippen LogP contribution in [0.5, 0.6) is 0 Å². The number of aliphatic hydroxyl groups excluding tert-OH is 1. The summed E-state index contributed by atoms with van der Waals surface area (Å²) in [6, 6.07) is 0. The fourth-order valence-electron chi connectivity index (χ4n) is 1.58. The molecule has 0 unspecified atom stereocenters. The average Bonchev–Trinajstić information content (AvgIpc) is 2.14. The number of hydrogen-bond donors (Lipinski definition) is 2. The highest BCUT2D eigenvalue weighted by Crippen LogP contribution is 2.22. The number of aliphatic carboxylic acids is 1. The van der Waals surface area contributed by atoms with Gasteiger partial charge in [-0.05, 0) is 25.2 Å². The van der Waals surface area contributed by atoms with Crippen molar-refractivity contribution in [3.8, 4) is 0 Å². The lowest BCUT2D eigenvalue weighted by Crippen LogP contribution is -2.31. The van der Waals surface area contributed by atoms with E-state index in [1.54, 1.807) is 6.92 Å². The van der Waals surface area contributed by atoms with E-state index in [-0.39, 0.29) is 5.92 Å². The Hall–Kier alpha value is -0.570. The Morgan fingerprint density at radius 1 is 1.29 bits per heavy atom. The van der Waals surface area contributed by atoms with E-state index >= 15 is 0 Å². The molecule has 0 aromatic heterocycles. The Bertz CT molecular complexity index is 179. The van der Waals surface area contributed by atoms with Gasteiger partial charge in [-0.2, -0.15) is 0 Å². The van der Waals surface area contributed by atoms with Gasteiger partial charge in [-0.15, -0.1) is 0 Å². The fraction of sp³-hybridized carbons (Fsp3) is 0.909. The predicted molar refractivity (Wildman–Crippen MR) is 56.0 cm³/mol. The summed E-state index contributed by atoms with van der Waals surface area (Å²) in [5.74, 6) is -1.00. The molecule has 0 aliphatic carbocycles. The summed E-state index contributed by atoms with van der Waals surface area (Å²) in [5, 5.41) is 18.5. The molecule has 0 bridgehead atoms. The van der Waals surface area contributed by atoms with Crippen LogP contribution < -0.4 is 0 Å². The van der Waals surface area contributed by atoms with Gasteiger partial charge in [0.15, 0.2) is 0 Å². The van der Waals surface area contributed by atoms with Crippen molar-refractivity contribution in [2.75, 3.05) is 0 Å². The number of carbonyl (C=O) groups is 1. The standard InChI is InChI=1S/C11H22O3/c1-5-7(2)6-8(3)10(12)9(4)11(13)14/h7-10,12H,5-6H2,1-4H3,(H,13,14)/t7-,8-,9+,10+/m1/s1. The molecule has 0 aromatic carbocycles. The minimum absolute atomic E-state index is 0.0519. The van der Waals surface area contributed by atoms with Gasteiger partial charge in [0.05, 0.1) is 12.0 Å². The molecular formula is C11H22O3. The van der Waals surface area contributed by atoms with Crippen molar-refractivity contribution in [2.45, 2.75) is 46.6 Å². The van der Waals surface area contributed by atoms with Crippen molar-refractivity contribution in [3.05, 3.63) is 0 Å². The molecular weight excluding hydrogens is 180 g/mol. The Labute approximate surface area is 86.1 Å². The highest BCUT2D eigenvalue weighted by atomic mass is 16.4. The van der Waals surface area contributed by atoms with Gasteiger partial charge in [-0.1, -0.05) is 27.2 Å². The van der Waals surface area contributed by atoms with Crippen LogP contribution in [0.3, 0.4) is 0 Å². The number of aliphatic hydroxyl groups is 1. The van der Waals surface area contributed by atoms with Crippen LogP contribution in [-0.2, 0) is 4.79 Å². The molecule has 0 aliphatic rings. The van der Waals surface area contributed by atoms with Crippen LogP contribution in [0.2, 0.25) is 0 Å². The van der Waals surface area contributed by atoms with E-state index in [9.17, 15) is 9.90 Å². The smallest absolute Gasteiger partial charge is 0.308 e. The second kappa shape index (κ2) is 6.02. The molecule has 0 rings (SSSR count). The average molecular weight is 202 g/mol. The van der Waals surface area contributed by atoms with Gasteiger partial charge in [-0.3, -0.25) is 4.79 Å². The molecule has 0 amide bonds. The van der Waals surface area contributed by atoms with Crippen LogP contribution in [0.4, 0.5) is 0 Å². The van der Waals surface area contributed by atoms with E-state index in [0.29, 0.717) is 5.92 Å². The topological polar surface area (TPSA) is 57.5 Å². The first-order valence-corrected chi connectivity index (χ1v) is 5.31. The van der Waals surface area contributed by atoms with Crippen LogP contribution in [-0.4, -0.2) is 22.3 Å². The quantitative estimate of drug-likeness (QED) is 0.693. The summed E-state index contributed by atoms with van der Waals surface area (Å²) in [7, 11) is 0. The van der Waals surface area contributed by atoms with Crippen molar-refractivity contribution >= 4 is 5.97 Å². The zero-order chi connectivity index (χ0) is 11.3. The highest BCUT2D eigenvalue weighted by molar-refractivity contribution is 5.70. The number of rotatable bonds is 6. The van der Waals surface area contributed by atoms with Crippen molar-refractivity contribution in [2.24, 2.45) is 17.8 Å². The maximum Gasteiger partial charge on any atom is 0.308 e. The summed E-state index contributed by atoms with van der Waals surface area (Å²) in [4.78, 5) is 10.6. The van der Waals surface area contributed by atoms with Gasteiger partial charge in [0.2, 0.25) is 0 Å². The SMILES string of the molecule is CC[C@@H](C)C[C@@H](C)[C@H](O)[C@H](C)C(=O)O. The third kappa shape index (κ3) is 4.09. The van der Waals surface area contributed by atoms with Gasteiger partial charge >= 0.3 is 5.97 Å². The van der Waals surface area contributed by atoms with Crippen LogP contribution in [0.1, 0.15) is 40.5 Å². The van der Waals surface area contributed by atoms with E-state index in [1.165, 1.54) is 0 Å². The maximum atomic E-state index is 10.6. The predicted octanol–water partition coefficient (Wildman–Crippen LogP) is 2.14. The van der Waals surface area contributed by atoms with Crippen molar-refractivity contribution in [1.29, 1.82) is 0 Å². The molecule has 0 saturated heterocycles. The molecule has 0 aliphatic heterocycles. The molecule has 0 saturated carbocycles. The summed E-state index contributed by atoms with van der Waals surface area (Å²) in [6.07, 6.45) is 1.22. The van der Waals surface area contributed by atoms with Crippen LogP contribution in [0.15, 0.2) is 0 Å². The molecule has 0 heterocycles. The normalized spacial score (nSPS) is 19.8. The fourth-order valence-corrected chi connectivity index (χ4v) is 1.58.